The highest BCUT2D eigenvalue weighted by Gasteiger charge is 2.20. The fourth-order valence-corrected chi connectivity index (χ4v) is 3.05. The molecule has 0 radical (unpaired) electrons. The van der Waals surface area contributed by atoms with Crippen LogP contribution in [-0.2, 0) is 11.8 Å². The first-order valence-electron chi connectivity index (χ1n) is 8.91. The molecule has 0 saturated carbocycles. The Bertz CT molecular complexity index is 684. The van der Waals surface area contributed by atoms with Gasteiger partial charge in [-0.05, 0) is 53.3 Å². The van der Waals surface area contributed by atoms with Gasteiger partial charge in [-0.2, -0.15) is 0 Å². The highest BCUT2D eigenvalue weighted by molar-refractivity contribution is 5.47. The van der Waals surface area contributed by atoms with E-state index in [-0.39, 0.29) is 11.3 Å². The smallest absolute Gasteiger partial charge is 0.122 e. The molecule has 0 aliphatic carbocycles. The van der Waals surface area contributed by atoms with E-state index in [9.17, 15) is 0 Å². The Hall–Kier alpha value is -2.00. The molecular formula is C22H32N2O. The van der Waals surface area contributed by atoms with Crippen LogP contribution in [0.3, 0.4) is 0 Å². The third-order valence-corrected chi connectivity index (χ3v) is 4.75. The van der Waals surface area contributed by atoms with E-state index >= 15 is 0 Å². The summed E-state index contributed by atoms with van der Waals surface area (Å²) in [7, 11) is 5.84. The fourth-order valence-electron chi connectivity index (χ4n) is 3.05. The van der Waals surface area contributed by atoms with E-state index in [0.717, 1.165) is 12.2 Å². The predicted molar refractivity (Wildman–Crippen MR) is 108 cm³/mol. The summed E-state index contributed by atoms with van der Waals surface area (Å²) in [5.74, 6) is 1.16. The summed E-state index contributed by atoms with van der Waals surface area (Å²) in [5, 5.41) is 0. The maximum atomic E-state index is 6.15. The third kappa shape index (κ3) is 4.76. The summed E-state index contributed by atoms with van der Waals surface area (Å²) >= 11 is 0. The minimum Gasteiger partial charge on any atom is -0.496 e. The van der Waals surface area contributed by atoms with Crippen molar-refractivity contribution in [2.45, 2.75) is 38.5 Å². The molecule has 0 saturated heterocycles. The molecule has 3 heteroatoms. The zero-order valence-electron chi connectivity index (χ0n) is 16.5. The summed E-state index contributed by atoms with van der Waals surface area (Å²) in [5.41, 5.74) is 11.3. The second-order valence-corrected chi connectivity index (χ2v) is 7.90. The minimum atomic E-state index is 0.105. The van der Waals surface area contributed by atoms with Gasteiger partial charge in [0.2, 0.25) is 0 Å². The molecule has 0 amide bonds. The minimum absolute atomic E-state index is 0.105. The largest absolute Gasteiger partial charge is 0.496 e. The normalized spacial score (nSPS) is 12.8. The summed E-state index contributed by atoms with van der Waals surface area (Å²) in [4.78, 5) is 2.11. The van der Waals surface area contributed by atoms with Gasteiger partial charge in [-0.3, -0.25) is 0 Å². The Kier molecular flexibility index (Phi) is 6.12. The molecule has 0 aromatic heterocycles. The van der Waals surface area contributed by atoms with E-state index in [1.165, 1.54) is 22.4 Å². The molecule has 0 aliphatic rings. The molecule has 136 valence electrons. The summed E-state index contributed by atoms with van der Waals surface area (Å²) in [6.45, 7) is 7.29. The third-order valence-electron chi connectivity index (χ3n) is 4.75. The van der Waals surface area contributed by atoms with Crippen LogP contribution in [0.25, 0.3) is 0 Å². The molecule has 2 rings (SSSR count). The average molecular weight is 341 g/mol. The molecule has 0 fully saturated rings. The molecule has 2 N–H and O–H groups in total. The van der Waals surface area contributed by atoms with E-state index in [1.807, 2.05) is 0 Å². The van der Waals surface area contributed by atoms with E-state index < -0.39 is 0 Å². The van der Waals surface area contributed by atoms with Crippen LogP contribution in [0.15, 0.2) is 42.5 Å². The zero-order chi connectivity index (χ0) is 18.6. The van der Waals surface area contributed by atoms with Gasteiger partial charge < -0.3 is 15.4 Å². The number of nitrogens with zero attached hydrogens (tertiary/aromatic N) is 1. The van der Waals surface area contributed by atoms with Crippen molar-refractivity contribution >= 4 is 5.69 Å². The number of nitrogens with two attached hydrogens (primary N) is 1. The van der Waals surface area contributed by atoms with Gasteiger partial charge in [-0.15, -0.1) is 0 Å². The van der Waals surface area contributed by atoms with Gasteiger partial charge in [-0.1, -0.05) is 45.0 Å². The number of ether oxygens (including phenoxy) is 1. The van der Waals surface area contributed by atoms with Crippen LogP contribution in [-0.4, -0.2) is 27.7 Å². The molecule has 1 atom stereocenters. The van der Waals surface area contributed by atoms with Crippen molar-refractivity contribution in [2.24, 2.45) is 5.73 Å². The molecule has 3 nitrogen and oxygen atoms in total. The number of anilines is 1. The number of benzene rings is 2. The van der Waals surface area contributed by atoms with E-state index in [4.69, 9.17) is 10.5 Å². The molecule has 2 aromatic rings. The number of rotatable bonds is 6. The summed E-state index contributed by atoms with van der Waals surface area (Å²) in [6, 6.07) is 15.2. The monoisotopic (exact) mass is 340 g/mol. The molecule has 0 aliphatic heterocycles. The first-order chi connectivity index (χ1) is 11.8. The Balaban J connectivity index is 2.32. The number of methoxy groups -OCH3 is 1. The highest BCUT2D eigenvalue weighted by Crippen LogP contribution is 2.33. The Morgan fingerprint density at radius 1 is 1.04 bits per heavy atom. The van der Waals surface area contributed by atoms with E-state index in [2.05, 4.69) is 82.2 Å². The van der Waals surface area contributed by atoms with Crippen LogP contribution in [0.2, 0.25) is 0 Å². The maximum Gasteiger partial charge on any atom is 0.122 e. The van der Waals surface area contributed by atoms with Crippen molar-refractivity contribution in [3.05, 3.63) is 59.2 Å². The second-order valence-electron chi connectivity index (χ2n) is 7.90. The highest BCUT2D eigenvalue weighted by atomic mass is 16.5. The van der Waals surface area contributed by atoms with Crippen molar-refractivity contribution in [3.8, 4) is 5.75 Å². The lowest BCUT2D eigenvalue weighted by molar-refractivity contribution is 0.404. The molecule has 2 aromatic carbocycles. The standard InChI is InChI=1S/C22H32N2O/c1-22(2,3)18-9-12-21(25-6)20(14-18)17(15-23)13-16-7-10-19(11-8-16)24(4)5/h7-12,14,17H,13,15,23H2,1-6H3. The molecule has 1 unspecified atom stereocenters. The molecule has 0 heterocycles. The topological polar surface area (TPSA) is 38.5 Å². The van der Waals surface area contributed by atoms with Gasteiger partial charge in [0.05, 0.1) is 7.11 Å². The van der Waals surface area contributed by atoms with Crippen LogP contribution in [0.1, 0.15) is 43.4 Å². The lowest BCUT2D eigenvalue weighted by Crippen LogP contribution is -2.18. The predicted octanol–water partition coefficient (Wildman–Crippen LogP) is 4.34. The van der Waals surface area contributed by atoms with E-state index in [1.54, 1.807) is 7.11 Å². The lowest BCUT2D eigenvalue weighted by atomic mass is 9.83. The average Bonchev–Trinajstić information content (AvgIpc) is 2.58. The van der Waals surface area contributed by atoms with Crippen LogP contribution in [0.4, 0.5) is 5.69 Å². The summed E-state index contributed by atoms with van der Waals surface area (Å²) in [6.07, 6.45) is 0.911. The molecule has 25 heavy (non-hydrogen) atoms. The molecular weight excluding hydrogens is 308 g/mol. The van der Waals surface area contributed by atoms with Crippen LogP contribution in [0.5, 0.6) is 5.75 Å². The van der Waals surface area contributed by atoms with Crippen molar-refractivity contribution < 1.29 is 4.74 Å². The summed E-state index contributed by atoms with van der Waals surface area (Å²) < 4.78 is 5.62. The first-order valence-corrected chi connectivity index (χ1v) is 8.91. The zero-order valence-corrected chi connectivity index (χ0v) is 16.5. The fraction of sp³-hybridized carbons (Fsp3) is 0.455. The van der Waals surface area contributed by atoms with Gasteiger partial charge in [0.1, 0.15) is 5.75 Å². The van der Waals surface area contributed by atoms with Crippen molar-refractivity contribution in [1.29, 1.82) is 0 Å². The maximum absolute atomic E-state index is 6.15. The van der Waals surface area contributed by atoms with Crippen LogP contribution < -0.4 is 15.4 Å². The van der Waals surface area contributed by atoms with Gasteiger partial charge in [0.25, 0.3) is 0 Å². The number of hydrogen-bond acceptors (Lipinski definition) is 3. The molecule has 0 spiro atoms. The Morgan fingerprint density at radius 2 is 1.68 bits per heavy atom. The second kappa shape index (κ2) is 7.92. The van der Waals surface area contributed by atoms with Crippen molar-refractivity contribution in [3.63, 3.8) is 0 Å². The van der Waals surface area contributed by atoms with Gasteiger partial charge in [0, 0.05) is 25.7 Å². The Morgan fingerprint density at radius 3 is 2.16 bits per heavy atom. The van der Waals surface area contributed by atoms with Crippen molar-refractivity contribution in [2.75, 3.05) is 32.6 Å². The van der Waals surface area contributed by atoms with Gasteiger partial charge in [0.15, 0.2) is 0 Å². The lowest BCUT2D eigenvalue weighted by Gasteiger charge is -2.24. The number of hydrogen-bond donors (Lipinski definition) is 1. The Labute approximate surface area is 152 Å². The van der Waals surface area contributed by atoms with E-state index in [0.29, 0.717) is 6.54 Å². The first kappa shape index (κ1) is 19.3. The van der Waals surface area contributed by atoms with Gasteiger partial charge in [-0.25, -0.2) is 0 Å². The quantitative estimate of drug-likeness (QED) is 0.850. The van der Waals surface area contributed by atoms with Crippen LogP contribution >= 0.6 is 0 Å². The van der Waals surface area contributed by atoms with Crippen molar-refractivity contribution in [1.82, 2.24) is 0 Å². The van der Waals surface area contributed by atoms with Gasteiger partial charge >= 0.3 is 0 Å². The molecule has 0 bridgehead atoms. The SMILES string of the molecule is COc1ccc(C(C)(C)C)cc1C(CN)Cc1ccc(N(C)C)cc1. The van der Waals surface area contributed by atoms with Crippen LogP contribution in [0, 0.1) is 0 Å².